The van der Waals surface area contributed by atoms with E-state index in [0.717, 1.165) is 31.6 Å². The van der Waals surface area contributed by atoms with Crippen molar-refractivity contribution in [2.45, 2.75) is 26.3 Å². The van der Waals surface area contributed by atoms with Crippen molar-refractivity contribution in [1.29, 1.82) is 0 Å². The van der Waals surface area contributed by atoms with Gasteiger partial charge >= 0.3 is 0 Å². The average molecular weight is 355 g/mol. The van der Waals surface area contributed by atoms with Gasteiger partial charge in [0.15, 0.2) is 5.65 Å². The van der Waals surface area contributed by atoms with Gasteiger partial charge < -0.3 is 4.90 Å². The highest BCUT2D eigenvalue weighted by atomic mass is 16.1. The highest BCUT2D eigenvalue weighted by Crippen LogP contribution is 2.22. The third-order valence-electron chi connectivity index (χ3n) is 4.93. The molecular weight excluding hydrogens is 334 g/mol. The lowest BCUT2D eigenvalue weighted by atomic mass is 9.97. The quantitative estimate of drug-likeness (QED) is 0.731. The summed E-state index contributed by atoms with van der Waals surface area (Å²) in [5.74, 6) is 0.959. The smallest absolute Gasteiger partial charge is 0.266 e. The molecule has 9 heteroatoms. The molecule has 26 heavy (non-hydrogen) atoms. The van der Waals surface area contributed by atoms with Crippen LogP contribution >= 0.6 is 0 Å². The second-order valence-electron chi connectivity index (χ2n) is 6.82. The van der Waals surface area contributed by atoms with Crippen LogP contribution in [0.2, 0.25) is 0 Å². The number of rotatable bonds is 3. The van der Waals surface area contributed by atoms with Gasteiger partial charge in [0.05, 0.1) is 11.9 Å². The number of hydrogen-bond acceptors (Lipinski definition) is 6. The van der Waals surface area contributed by atoms with Gasteiger partial charge in [-0.2, -0.15) is 15.2 Å². The Hall–Kier alpha value is -2.97. The van der Waals surface area contributed by atoms with Crippen molar-refractivity contribution in [3.05, 3.63) is 44.7 Å². The Labute approximate surface area is 149 Å². The molecule has 0 unspecified atom stereocenters. The van der Waals surface area contributed by atoms with Crippen molar-refractivity contribution < 1.29 is 0 Å². The Morgan fingerprint density at radius 3 is 2.77 bits per heavy atom. The van der Waals surface area contributed by atoms with Crippen molar-refractivity contribution in [2.75, 3.05) is 18.0 Å². The molecule has 0 spiro atoms. The van der Waals surface area contributed by atoms with Crippen LogP contribution in [0.15, 0.2) is 27.9 Å². The molecule has 0 radical (unpaired) electrons. The fraction of sp³-hybridized carbons (Fsp3) is 0.471. The largest absolute Gasteiger partial charge is 0.342 e. The SMILES string of the molecule is Cc1ccc(=O)n(CC2CCN(c3nc4c(cnn4C)c(=O)[nH]3)CC2)n1. The van der Waals surface area contributed by atoms with E-state index in [2.05, 4.69) is 25.1 Å². The van der Waals surface area contributed by atoms with Gasteiger partial charge in [-0.05, 0) is 31.7 Å². The molecule has 0 aromatic carbocycles. The van der Waals surface area contributed by atoms with Crippen LogP contribution in [0.4, 0.5) is 5.95 Å². The lowest BCUT2D eigenvalue weighted by Gasteiger charge is -2.32. The topological polar surface area (TPSA) is 102 Å². The number of aromatic amines is 1. The van der Waals surface area contributed by atoms with Crippen LogP contribution in [-0.4, -0.2) is 42.6 Å². The van der Waals surface area contributed by atoms with Crippen LogP contribution < -0.4 is 16.0 Å². The van der Waals surface area contributed by atoms with E-state index in [1.165, 1.54) is 6.20 Å². The molecule has 4 heterocycles. The Balaban J connectivity index is 1.48. The average Bonchev–Trinajstić information content (AvgIpc) is 3.00. The summed E-state index contributed by atoms with van der Waals surface area (Å²) in [4.78, 5) is 33.6. The predicted molar refractivity (Wildman–Crippen MR) is 97.3 cm³/mol. The molecule has 0 saturated carbocycles. The molecule has 0 aliphatic carbocycles. The number of nitrogens with zero attached hydrogens (tertiary/aromatic N) is 6. The molecule has 9 nitrogen and oxygen atoms in total. The maximum Gasteiger partial charge on any atom is 0.266 e. The number of aromatic nitrogens is 6. The normalized spacial score (nSPS) is 15.7. The van der Waals surface area contributed by atoms with Crippen molar-refractivity contribution in [3.63, 3.8) is 0 Å². The van der Waals surface area contributed by atoms with Crippen LogP contribution in [0, 0.1) is 12.8 Å². The van der Waals surface area contributed by atoms with Gasteiger partial charge in [-0.3, -0.25) is 19.3 Å². The predicted octanol–water partition coefficient (Wildman–Crippen LogP) is 0.438. The van der Waals surface area contributed by atoms with Gasteiger partial charge in [-0.25, -0.2) is 4.68 Å². The lowest BCUT2D eigenvalue weighted by molar-refractivity contribution is 0.332. The number of nitrogens with one attached hydrogen (secondary N) is 1. The Bertz CT molecular complexity index is 1060. The summed E-state index contributed by atoms with van der Waals surface area (Å²) < 4.78 is 3.16. The highest BCUT2D eigenvalue weighted by Gasteiger charge is 2.22. The van der Waals surface area contributed by atoms with E-state index < -0.39 is 0 Å². The molecular formula is C17H21N7O2. The number of H-pyrrole nitrogens is 1. The van der Waals surface area contributed by atoms with E-state index in [-0.39, 0.29) is 11.1 Å². The van der Waals surface area contributed by atoms with Crippen LogP contribution in [0.1, 0.15) is 18.5 Å². The number of anilines is 1. The maximum absolute atomic E-state index is 12.2. The van der Waals surface area contributed by atoms with Crippen molar-refractivity contribution in [3.8, 4) is 0 Å². The number of piperidine rings is 1. The molecule has 0 amide bonds. The molecule has 1 fully saturated rings. The zero-order valence-corrected chi connectivity index (χ0v) is 14.8. The Kier molecular flexibility index (Phi) is 4.06. The van der Waals surface area contributed by atoms with E-state index >= 15 is 0 Å². The lowest BCUT2D eigenvalue weighted by Crippen LogP contribution is -2.38. The van der Waals surface area contributed by atoms with Crippen molar-refractivity contribution in [2.24, 2.45) is 13.0 Å². The second kappa shape index (κ2) is 6.40. The van der Waals surface area contributed by atoms with Gasteiger partial charge in [0.25, 0.3) is 11.1 Å². The summed E-state index contributed by atoms with van der Waals surface area (Å²) in [7, 11) is 1.78. The molecule has 1 aliphatic rings. The molecule has 1 saturated heterocycles. The van der Waals surface area contributed by atoms with E-state index in [0.29, 0.717) is 29.4 Å². The van der Waals surface area contributed by atoms with E-state index in [1.807, 2.05) is 6.92 Å². The third-order valence-corrected chi connectivity index (χ3v) is 4.93. The first-order valence-corrected chi connectivity index (χ1v) is 8.73. The van der Waals surface area contributed by atoms with E-state index in [4.69, 9.17) is 0 Å². The summed E-state index contributed by atoms with van der Waals surface area (Å²) in [6, 6.07) is 3.30. The van der Waals surface area contributed by atoms with Gasteiger partial charge in [0, 0.05) is 32.7 Å². The molecule has 3 aromatic rings. The summed E-state index contributed by atoms with van der Waals surface area (Å²) in [6.07, 6.45) is 3.36. The summed E-state index contributed by atoms with van der Waals surface area (Å²) >= 11 is 0. The molecule has 136 valence electrons. The second-order valence-corrected chi connectivity index (χ2v) is 6.82. The first-order chi connectivity index (χ1) is 12.5. The first kappa shape index (κ1) is 16.5. The Morgan fingerprint density at radius 1 is 1.23 bits per heavy atom. The summed E-state index contributed by atoms with van der Waals surface area (Å²) in [5, 5.41) is 8.90. The van der Waals surface area contributed by atoms with Crippen LogP contribution in [0.3, 0.4) is 0 Å². The number of hydrogen-bond donors (Lipinski definition) is 1. The zero-order valence-electron chi connectivity index (χ0n) is 14.8. The van der Waals surface area contributed by atoms with Gasteiger partial charge in [-0.1, -0.05) is 0 Å². The maximum atomic E-state index is 12.2. The fourth-order valence-corrected chi connectivity index (χ4v) is 3.42. The molecule has 1 aliphatic heterocycles. The molecule has 0 bridgehead atoms. The standard InChI is InChI=1S/C17H21N7O2/c1-11-3-4-14(25)24(21-11)10-12-5-7-23(8-6-12)17-19-15-13(16(26)20-17)9-18-22(15)2/h3-4,9,12H,5-8,10H2,1-2H3,(H,19,20,26). The van der Waals surface area contributed by atoms with Gasteiger partial charge in [0.2, 0.25) is 5.95 Å². The minimum Gasteiger partial charge on any atom is -0.342 e. The van der Waals surface area contributed by atoms with E-state index in [9.17, 15) is 9.59 Å². The van der Waals surface area contributed by atoms with Crippen molar-refractivity contribution >= 4 is 17.0 Å². The first-order valence-electron chi connectivity index (χ1n) is 8.73. The highest BCUT2D eigenvalue weighted by molar-refractivity contribution is 5.74. The van der Waals surface area contributed by atoms with Gasteiger partial charge in [0.1, 0.15) is 5.39 Å². The van der Waals surface area contributed by atoms with E-state index in [1.54, 1.807) is 28.5 Å². The summed E-state index contributed by atoms with van der Waals surface area (Å²) in [6.45, 7) is 4.06. The third kappa shape index (κ3) is 3.00. The fourth-order valence-electron chi connectivity index (χ4n) is 3.42. The minimum absolute atomic E-state index is 0.0642. The van der Waals surface area contributed by atoms with Crippen LogP contribution in [0.5, 0.6) is 0 Å². The molecule has 0 atom stereocenters. The van der Waals surface area contributed by atoms with Crippen molar-refractivity contribution in [1.82, 2.24) is 29.5 Å². The number of fused-ring (bicyclic) bond motifs is 1. The minimum atomic E-state index is -0.171. The van der Waals surface area contributed by atoms with Gasteiger partial charge in [-0.15, -0.1) is 0 Å². The molecule has 3 aromatic heterocycles. The number of aryl methyl sites for hydroxylation is 2. The monoisotopic (exact) mass is 355 g/mol. The molecule has 1 N–H and O–H groups in total. The summed E-state index contributed by atoms with van der Waals surface area (Å²) in [5.41, 5.74) is 1.19. The Morgan fingerprint density at radius 2 is 2.00 bits per heavy atom. The zero-order chi connectivity index (χ0) is 18.3. The van der Waals surface area contributed by atoms with Crippen LogP contribution in [-0.2, 0) is 13.6 Å². The van der Waals surface area contributed by atoms with Crippen LogP contribution in [0.25, 0.3) is 11.0 Å². The molecule has 4 rings (SSSR count).